The van der Waals surface area contributed by atoms with Gasteiger partial charge in [-0.2, -0.15) is 0 Å². The Hall–Kier alpha value is -1.30. The Labute approximate surface area is 109 Å². The van der Waals surface area contributed by atoms with Gasteiger partial charge in [0.15, 0.2) is 0 Å². The van der Waals surface area contributed by atoms with Crippen LogP contribution in [0.15, 0.2) is 0 Å². The number of carbonyl (C=O) groups is 2. The third kappa shape index (κ3) is 11.2. The average molecular weight is 259 g/mol. The van der Waals surface area contributed by atoms with Crippen LogP contribution in [0.2, 0.25) is 0 Å². The fourth-order valence-corrected chi connectivity index (χ4v) is 1.23. The van der Waals surface area contributed by atoms with Crippen molar-refractivity contribution >= 4 is 11.9 Å². The van der Waals surface area contributed by atoms with Crippen LogP contribution in [-0.2, 0) is 9.53 Å². The van der Waals surface area contributed by atoms with E-state index < -0.39 is 0 Å². The minimum Gasteiger partial charge on any atom is -0.382 e. The zero-order valence-electron chi connectivity index (χ0n) is 11.4. The SMILES string of the molecule is CCCNC(=O)CCNC(=O)NCCCOCC. The molecule has 0 aliphatic rings. The highest BCUT2D eigenvalue weighted by Crippen LogP contribution is 1.81. The molecule has 0 rings (SSSR count). The van der Waals surface area contributed by atoms with E-state index in [1.54, 1.807) is 0 Å². The monoisotopic (exact) mass is 259 g/mol. The lowest BCUT2D eigenvalue weighted by atomic mass is 10.4. The van der Waals surface area contributed by atoms with E-state index in [1.165, 1.54) is 0 Å². The lowest BCUT2D eigenvalue weighted by Gasteiger charge is -2.07. The van der Waals surface area contributed by atoms with Gasteiger partial charge < -0.3 is 20.7 Å². The summed E-state index contributed by atoms with van der Waals surface area (Å²) >= 11 is 0. The van der Waals surface area contributed by atoms with Gasteiger partial charge in [-0.3, -0.25) is 4.79 Å². The van der Waals surface area contributed by atoms with Crippen molar-refractivity contribution in [3.8, 4) is 0 Å². The molecule has 0 spiro atoms. The second-order valence-corrected chi connectivity index (χ2v) is 3.83. The van der Waals surface area contributed by atoms with E-state index in [1.807, 2.05) is 13.8 Å². The van der Waals surface area contributed by atoms with Crippen molar-refractivity contribution in [2.24, 2.45) is 0 Å². The average Bonchev–Trinajstić information content (AvgIpc) is 2.36. The number of nitrogens with one attached hydrogen (secondary N) is 3. The number of carbonyl (C=O) groups excluding carboxylic acids is 2. The van der Waals surface area contributed by atoms with Crippen LogP contribution in [0.3, 0.4) is 0 Å². The van der Waals surface area contributed by atoms with Gasteiger partial charge in [0.25, 0.3) is 0 Å². The van der Waals surface area contributed by atoms with Crippen molar-refractivity contribution in [2.75, 3.05) is 32.8 Å². The maximum Gasteiger partial charge on any atom is 0.314 e. The maximum absolute atomic E-state index is 11.3. The highest BCUT2D eigenvalue weighted by molar-refractivity contribution is 5.78. The first kappa shape index (κ1) is 16.7. The molecule has 6 heteroatoms. The summed E-state index contributed by atoms with van der Waals surface area (Å²) in [5.74, 6) is -0.0338. The summed E-state index contributed by atoms with van der Waals surface area (Å²) in [5.41, 5.74) is 0. The van der Waals surface area contributed by atoms with Crippen LogP contribution >= 0.6 is 0 Å². The third-order valence-corrected chi connectivity index (χ3v) is 2.16. The van der Waals surface area contributed by atoms with Crippen molar-refractivity contribution in [1.29, 1.82) is 0 Å². The van der Waals surface area contributed by atoms with Gasteiger partial charge in [0.2, 0.25) is 5.91 Å². The van der Waals surface area contributed by atoms with E-state index >= 15 is 0 Å². The number of ether oxygens (including phenoxy) is 1. The predicted molar refractivity (Wildman–Crippen MR) is 70.4 cm³/mol. The number of amides is 3. The van der Waals surface area contributed by atoms with Gasteiger partial charge in [-0.05, 0) is 19.8 Å². The third-order valence-electron chi connectivity index (χ3n) is 2.16. The van der Waals surface area contributed by atoms with E-state index in [0.717, 1.165) is 12.8 Å². The Morgan fingerprint density at radius 1 is 1.00 bits per heavy atom. The molecule has 0 heterocycles. The summed E-state index contributed by atoms with van der Waals surface area (Å²) in [6, 6.07) is -0.241. The van der Waals surface area contributed by atoms with Crippen molar-refractivity contribution in [3.05, 3.63) is 0 Å². The van der Waals surface area contributed by atoms with E-state index in [2.05, 4.69) is 16.0 Å². The fraction of sp³-hybridized carbons (Fsp3) is 0.833. The number of urea groups is 1. The molecule has 0 atom stereocenters. The first-order chi connectivity index (χ1) is 8.70. The smallest absolute Gasteiger partial charge is 0.314 e. The molecule has 0 saturated heterocycles. The molecular formula is C12H25N3O3. The van der Waals surface area contributed by atoms with Crippen LogP contribution in [0, 0.1) is 0 Å². The van der Waals surface area contributed by atoms with Crippen LogP contribution in [0.25, 0.3) is 0 Å². The van der Waals surface area contributed by atoms with Crippen molar-refractivity contribution in [3.63, 3.8) is 0 Å². The van der Waals surface area contributed by atoms with Crippen LogP contribution in [0.5, 0.6) is 0 Å². The molecule has 6 nitrogen and oxygen atoms in total. The summed E-state index contributed by atoms with van der Waals surface area (Å²) in [7, 11) is 0. The van der Waals surface area contributed by atoms with Crippen molar-refractivity contribution < 1.29 is 14.3 Å². The largest absolute Gasteiger partial charge is 0.382 e. The number of hydrogen-bond donors (Lipinski definition) is 3. The van der Waals surface area contributed by atoms with Crippen molar-refractivity contribution in [1.82, 2.24) is 16.0 Å². The standard InChI is InChI=1S/C12H25N3O3/c1-3-7-13-11(16)6-9-15-12(17)14-8-5-10-18-4-2/h3-10H2,1-2H3,(H,13,16)(H2,14,15,17). The van der Waals surface area contributed by atoms with Gasteiger partial charge in [-0.1, -0.05) is 6.92 Å². The van der Waals surface area contributed by atoms with Gasteiger partial charge in [0.05, 0.1) is 0 Å². The zero-order chi connectivity index (χ0) is 13.6. The van der Waals surface area contributed by atoms with Crippen LogP contribution in [-0.4, -0.2) is 44.8 Å². The Balaban J connectivity index is 3.33. The molecule has 0 aromatic rings. The van der Waals surface area contributed by atoms with Crippen molar-refractivity contribution in [2.45, 2.75) is 33.1 Å². The fourth-order valence-electron chi connectivity index (χ4n) is 1.23. The minimum absolute atomic E-state index is 0.0338. The van der Waals surface area contributed by atoms with Crippen LogP contribution in [0.1, 0.15) is 33.1 Å². The lowest BCUT2D eigenvalue weighted by molar-refractivity contribution is -0.120. The minimum atomic E-state index is -0.241. The molecule has 0 aliphatic carbocycles. The summed E-state index contributed by atoms with van der Waals surface area (Å²) in [6.45, 7) is 6.89. The molecule has 106 valence electrons. The molecule has 3 N–H and O–H groups in total. The Kier molecular flexibility index (Phi) is 11.3. The molecule has 0 aliphatic heterocycles. The number of hydrogen-bond acceptors (Lipinski definition) is 3. The number of rotatable bonds is 10. The topological polar surface area (TPSA) is 79.5 Å². The quantitative estimate of drug-likeness (QED) is 0.503. The molecule has 0 aromatic carbocycles. The molecule has 0 bridgehead atoms. The van der Waals surface area contributed by atoms with Gasteiger partial charge in [-0.15, -0.1) is 0 Å². The Bertz CT molecular complexity index is 235. The summed E-state index contributed by atoms with van der Waals surface area (Å²) < 4.78 is 5.14. The van der Waals surface area contributed by atoms with Gasteiger partial charge in [0, 0.05) is 39.3 Å². The highest BCUT2D eigenvalue weighted by Gasteiger charge is 2.02. The Morgan fingerprint density at radius 2 is 1.72 bits per heavy atom. The molecule has 0 saturated carbocycles. The molecular weight excluding hydrogens is 234 g/mol. The predicted octanol–water partition coefficient (Wildman–Crippen LogP) is 0.629. The maximum atomic E-state index is 11.3. The molecule has 18 heavy (non-hydrogen) atoms. The van der Waals surface area contributed by atoms with Crippen LogP contribution in [0.4, 0.5) is 4.79 Å². The highest BCUT2D eigenvalue weighted by atomic mass is 16.5. The first-order valence-corrected chi connectivity index (χ1v) is 6.56. The van der Waals surface area contributed by atoms with Crippen LogP contribution < -0.4 is 16.0 Å². The summed E-state index contributed by atoms with van der Waals surface area (Å²) in [4.78, 5) is 22.5. The summed E-state index contributed by atoms with van der Waals surface area (Å²) in [5, 5.41) is 8.07. The Morgan fingerprint density at radius 3 is 2.39 bits per heavy atom. The zero-order valence-corrected chi connectivity index (χ0v) is 11.4. The van der Waals surface area contributed by atoms with E-state index in [4.69, 9.17) is 4.74 Å². The van der Waals surface area contributed by atoms with Gasteiger partial charge in [-0.25, -0.2) is 4.79 Å². The van der Waals surface area contributed by atoms with E-state index in [9.17, 15) is 9.59 Å². The molecule has 0 unspecified atom stereocenters. The second-order valence-electron chi connectivity index (χ2n) is 3.83. The molecule has 0 aromatic heterocycles. The van der Waals surface area contributed by atoms with E-state index in [-0.39, 0.29) is 11.9 Å². The first-order valence-electron chi connectivity index (χ1n) is 6.56. The molecule has 3 amide bonds. The summed E-state index contributed by atoms with van der Waals surface area (Å²) in [6.07, 6.45) is 2.02. The molecule has 0 radical (unpaired) electrons. The van der Waals surface area contributed by atoms with Gasteiger partial charge >= 0.3 is 6.03 Å². The second kappa shape index (κ2) is 12.2. The lowest BCUT2D eigenvalue weighted by Crippen LogP contribution is -2.38. The molecule has 0 fully saturated rings. The van der Waals surface area contributed by atoms with Gasteiger partial charge in [0.1, 0.15) is 0 Å². The van der Waals surface area contributed by atoms with E-state index in [0.29, 0.717) is 39.3 Å². The normalized spacial score (nSPS) is 9.89.